The Morgan fingerprint density at radius 2 is 2.31 bits per heavy atom. The SMILES string of the molecule is CCC#CCOc1cc(F)ncn1. The molecule has 0 saturated carbocycles. The van der Waals surface area contributed by atoms with E-state index in [0.717, 1.165) is 18.8 Å². The minimum absolute atomic E-state index is 0.206. The van der Waals surface area contributed by atoms with Gasteiger partial charge in [-0.15, -0.1) is 5.92 Å². The first-order valence-electron chi connectivity index (χ1n) is 3.89. The molecule has 13 heavy (non-hydrogen) atoms. The molecular weight excluding hydrogens is 171 g/mol. The van der Waals surface area contributed by atoms with E-state index < -0.39 is 5.95 Å². The van der Waals surface area contributed by atoms with Crippen molar-refractivity contribution in [3.05, 3.63) is 18.3 Å². The summed E-state index contributed by atoms with van der Waals surface area (Å²) in [6.07, 6.45) is 1.89. The molecule has 0 bridgehead atoms. The molecule has 3 nitrogen and oxygen atoms in total. The van der Waals surface area contributed by atoms with E-state index in [4.69, 9.17) is 4.74 Å². The van der Waals surface area contributed by atoms with Gasteiger partial charge in [0, 0.05) is 6.42 Å². The molecule has 0 radical (unpaired) electrons. The Morgan fingerprint density at radius 1 is 1.46 bits per heavy atom. The maximum absolute atomic E-state index is 12.5. The van der Waals surface area contributed by atoms with Crippen molar-refractivity contribution in [2.45, 2.75) is 13.3 Å². The highest BCUT2D eigenvalue weighted by molar-refractivity contribution is 5.08. The van der Waals surface area contributed by atoms with E-state index >= 15 is 0 Å². The first-order valence-corrected chi connectivity index (χ1v) is 3.89. The van der Waals surface area contributed by atoms with Gasteiger partial charge in [-0.1, -0.05) is 12.8 Å². The summed E-state index contributed by atoms with van der Waals surface area (Å²) in [4.78, 5) is 6.99. The van der Waals surface area contributed by atoms with Gasteiger partial charge in [0.2, 0.25) is 11.8 Å². The topological polar surface area (TPSA) is 35.0 Å². The van der Waals surface area contributed by atoms with Gasteiger partial charge in [0.05, 0.1) is 6.07 Å². The Labute approximate surface area is 76.0 Å². The lowest BCUT2D eigenvalue weighted by molar-refractivity contribution is 0.350. The molecule has 0 unspecified atom stereocenters. The molecule has 68 valence electrons. The van der Waals surface area contributed by atoms with Crippen molar-refractivity contribution in [1.29, 1.82) is 0 Å². The minimum Gasteiger partial charge on any atom is -0.464 e. The van der Waals surface area contributed by atoms with Gasteiger partial charge in [0.1, 0.15) is 6.33 Å². The third-order valence-corrected chi connectivity index (χ3v) is 1.20. The van der Waals surface area contributed by atoms with Crippen molar-refractivity contribution in [2.75, 3.05) is 6.61 Å². The van der Waals surface area contributed by atoms with Crippen molar-refractivity contribution in [2.24, 2.45) is 0 Å². The monoisotopic (exact) mass is 180 g/mol. The maximum Gasteiger partial charge on any atom is 0.220 e. The largest absolute Gasteiger partial charge is 0.464 e. The molecule has 1 aromatic rings. The summed E-state index contributed by atoms with van der Waals surface area (Å²) in [5, 5.41) is 0. The molecule has 1 heterocycles. The van der Waals surface area contributed by atoms with Gasteiger partial charge in [0.25, 0.3) is 0 Å². The highest BCUT2D eigenvalue weighted by Crippen LogP contribution is 2.04. The molecule has 0 fully saturated rings. The fraction of sp³-hybridized carbons (Fsp3) is 0.333. The number of nitrogens with zero attached hydrogens (tertiary/aromatic N) is 2. The van der Waals surface area contributed by atoms with Gasteiger partial charge in [-0.3, -0.25) is 0 Å². The van der Waals surface area contributed by atoms with Crippen LogP contribution in [0.15, 0.2) is 12.4 Å². The van der Waals surface area contributed by atoms with E-state index in [0.29, 0.717) is 0 Å². The smallest absolute Gasteiger partial charge is 0.220 e. The lowest BCUT2D eigenvalue weighted by atomic mass is 10.5. The Kier molecular flexibility index (Phi) is 3.71. The molecule has 0 saturated heterocycles. The van der Waals surface area contributed by atoms with Crippen LogP contribution >= 0.6 is 0 Å². The fourth-order valence-electron chi connectivity index (χ4n) is 0.682. The van der Waals surface area contributed by atoms with Gasteiger partial charge >= 0.3 is 0 Å². The quantitative estimate of drug-likeness (QED) is 0.509. The van der Waals surface area contributed by atoms with E-state index in [2.05, 4.69) is 21.8 Å². The van der Waals surface area contributed by atoms with E-state index in [-0.39, 0.29) is 12.5 Å². The van der Waals surface area contributed by atoms with E-state index in [9.17, 15) is 4.39 Å². The van der Waals surface area contributed by atoms with Crippen molar-refractivity contribution in [3.8, 4) is 17.7 Å². The summed E-state index contributed by atoms with van der Waals surface area (Å²) in [5.74, 6) is 5.17. The van der Waals surface area contributed by atoms with Crippen molar-refractivity contribution in [3.63, 3.8) is 0 Å². The molecule has 0 aliphatic heterocycles. The Hall–Kier alpha value is -1.63. The van der Waals surface area contributed by atoms with E-state index in [1.165, 1.54) is 0 Å². The van der Waals surface area contributed by atoms with Crippen molar-refractivity contribution in [1.82, 2.24) is 9.97 Å². The van der Waals surface area contributed by atoms with Crippen LogP contribution in [-0.4, -0.2) is 16.6 Å². The third kappa shape index (κ3) is 3.52. The molecule has 0 aliphatic rings. The van der Waals surface area contributed by atoms with Crippen LogP contribution in [0.25, 0.3) is 0 Å². The number of halogens is 1. The minimum atomic E-state index is -0.603. The van der Waals surface area contributed by atoms with Crippen LogP contribution in [-0.2, 0) is 0 Å². The molecule has 0 atom stereocenters. The predicted molar refractivity (Wildman–Crippen MR) is 45.6 cm³/mol. The molecule has 0 amide bonds. The first-order chi connectivity index (χ1) is 6.33. The molecule has 0 spiro atoms. The summed E-state index contributed by atoms with van der Waals surface area (Å²) in [5.41, 5.74) is 0. The normalized spacial score (nSPS) is 8.77. The van der Waals surface area contributed by atoms with Crippen LogP contribution < -0.4 is 4.74 Å². The van der Waals surface area contributed by atoms with Gasteiger partial charge in [-0.2, -0.15) is 4.39 Å². The summed E-state index contributed by atoms with van der Waals surface area (Å²) in [7, 11) is 0. The van der Waals surface area contributed by atoms with Crippen LogP contribution in [0.3, 0.4) is 0 Å². The molecule has 0 N–H and O–H groups in total. The van der Waals surface area contributed by atoms with Crippen LogP contribution in [0.4, 0.5) is 4.39 Å². The standard InChI is InChI=1S/C9H9FN2O/c1-2-3-4-5-13-9-6-8(10)11-7-12-9/h6-7H,2,5H2,1H3. The number of rotatable bonds is 2. The van der Waals surface area contributed by atoms with Gasteiger partial charge in [-0.25, -0.2) is 9.97 Å². The first kappa shape index (κ1) is 9.46. The molecule has 0 aromatic carbocycles. The van der Waals surface area contributed by atoms with Gasteiger partial charge in [0.15, 0.2) is 6.61 Å². The second kappa shape index (κ2) is 5.09. The number of aromatic nitrogens is 2. The number of ether oxygens (including phenoxy) is 1. The third-order valence-electron chi connectivity index (χ3n) is 1.20. The zero-order valence-electron chi connectivity index (χ0n) is 7.25. The second-order valence-electron chi connectivity index (χ2n) is 2.17. The Balaban J connectivity index is 2.45. The Bertz CT molecular complexity index is 330. The van der Waals surface area contributed by atoms with Crippen LogP contribution in [0.5, 0.6) is 5.88 Å². The predicted octanol–water partition coefficient (Wildman–Crippen LogP) is 1.41. The number of hydrogen-bond acceptors (Lipinski definition) is 3. The van der Waals surface area contributed by atoms with Crippen molar-refractivity contribution >= 4 is 0 Å². The lowest BCUT2D eigenvalue weighted by Crippen LogP contribution is -1.97. The van der Waals surface area contributed by atoms with E-state index in [1.807, 2.05) is 6.92 Å². The summed E-state index contributed by atoms with van der Waals surface area (Å²) >= 11 is 0. The molecule has 0 aliphatic carbocycles. The van der Waals surface area contributed by atoms with Crippen molar-refractivity contribution < 1.29 is 9.13 Å². The number of hydrogen-bond donors (Lipinski definition) is 0. The van der Waals surface area contributed by atoms with Crippen LogP contribution in [0.2, 0.25) is 0 Å². The van der Waals surface area contributed by atoms with Crippen LogP contribution in [0, 0.1) is 17.8 Å². The average molecular weight is 180 g/mol. The fourth-order valence-corrected chi connectivity index (χ4v) is 0.682. The average Bonchev–Trinajstić information content (AvgIpc) is 2.13. The second-order valence-corrected chi connectivity index (χ2v) is 2.17. The highest BCUT2D eigenvalue weighted by atomic mass is 19.1. The molecule has 1 rings (SSSR count). The lowest BCUT2D eigenvalue weighted by Gasteiger charge is -1.98. The van der Waals surface area contributed by atoms with Crippen LogP contribution in [0.1, 0.15) is 13.3 Å². The maximum atomic E-state index is 12.5. The van der Waals surface area contributed by atoms with Gasteiger partial charge < -0.3 is 4.74 Å². The summed E-state index contributed by atoms with van der Waals surface area (Å²) in [6.45, 7) is 2.17. The summed E-state index contributed by atoms with van der Waals surface area (Å²) in [6, 6.07) is 1.12. The zero-order valence-corrected chi connectivity index (χ0v) is 7.25. The zero-order chi connectivity index (χ0) is 9.52. The molecule has 4 heteroatoms. The molecular formula is C9H9FN2O. The summed E-state index contributed by atoms with van der Waals surface area (Å²) < 4.78 is 17.5. The molecule has 1 aromatic heterocycles. The highest BCUT2D eigenvalue weighted by Gasteiger charge is 1.95. The Morgan fingerprint density at radius 3 is 3.00 bits per heavy atom. The van der Waals surface area contributed by atoms with E-state index in [1.54, 1.807) is 0 Å². The van der Waals surface area contributed by atoms with Gasteiger partial charge in [-0.05, 0) is 0 Å².